The number of nitrogens with zero attached hydrogens (tertiary/aromatic N) is 3. The van der Waals surface area contributed by atoms with Crippen molar-refractivity contribution in [1.82, 2.24) is 15.0 Å². The molecule has 8 nitrogen and oxygen atoms in total. The Kier molecular flexibility index (Phi) is 6.76. The van der Waals surface area contributed by atoms with E-state index in [0.29, 0.717) is 12.1 Å². The normalized spacial score (nSPS) is 15.1. The van der Waals surface area contributed by atoms with Gasteiger partial charge in [-0.05, 0) is 19.8 Å². The van der Waals surface area contributed by atoms with Crippen LogP contribution < -0.4 is 0 Å². The molecule has 1 N–H and O–H groups in total. The summed E-state index contributed by atoms with van der Waals surface area (Å²) in [6.07, 6.45) is 1.17. The van der Waals surface area contributed by atoms with Crippen molar-refractivity contribution < 1.29 is 24.2 Å². The van der Waals surface area contributed by atoms with E-state index in [1.54, 1.807) is 6.92 Å². The van der Waals surface area contributed by atoms with Crippen LogP contribution in [0.3, 0.4) is 0 Å². The third-order valence-corrected chi connectivity index (χ3v) is 3.78. The standard InChI is InChI=1S/C12H18BrN3O5/c1-7(17)10-6-14-15-16(10)9(12(19)21-3)5-4-8(13)11(18)20-2/h6-9,17H,4-5H2,1-3H3. The minimum Gasteiger partial charge on any atom is -0.468 e. The highest BCUT2D eigenvalue weighted by atomic mass is 79.9. The molecule has 0 saturated carbocycles. The summed E-state index contributed by atoms with van der Waals surface area (Å²) < 4.78 is 10.7. The summed E-state index contributed by atoms with van der Waals surface area (Å²) in [5, 5.41) is 17.2. The Balaban J connectivity index is 2.89. The van der Waals surface area contributed by atoms with Crippen LogP contribution in [0.5, 0.6) is 0 Å². The van der Waals surface area contributed by atoms with Crippen molar-refractivity contribution in [2.75, 3.05) is 14.2 Å². The second kappa shape index (κ2) is 8.08. The monoisotopic (exact) mass is 363 g/mol. The summed E-state index contributed by atoms with van der Waals surface area (Å²) in [7, 11) is 2.55. The molecule has 3 unspecified atom stereocenters. The van der Waals surface area contributed by atoms with E-state index in [9.17, 15) is 14.7 Å². The van der Waals surface area contributed by atoms with Crippen LogP contribution >= 0.6 is 15.9 Å². The number of aliphatic hydroxyl groups excluding tert-OH is 1. The third-order valence-electron chi connectivity index (χ3n) is 2.95. The van der Waals surface area contributed by atoms with Gasteiger partial charge in [0.2, 0.25) is 0 Å². The van der Waals surface area contributed by atoms with E-state index in [0.717, 1.165) is 0 Å². The molecule has 1 heterocycles. The SMILES string of the molecule is COC(=O)C(Br)CCC(C(=O)OC)n1nncc1C(C)O. The molecule has 9 heteroatoms. The van der Waals surface area contributed by atoms with Gasteiger partial charge in [0, 0.05) is 0 Å². The highest BCUT2D eigenvalue weighted by molar-refractivity contribution is 9.10. The zero-order chi connectivity index (χ0) is 16.0. The van der Waals surface area contributed by atoms with E-state index in [4.69, 9.17) is 4.74 Å². The molecule has 0 aliphatic rings. The molecule has 0 spiro atoms. The summed E-state index contributed by atoms with van der Waals surface area (Å²) in [5.74, 6) is -0.945. The van der Waals surface area contributed by atoms with E-state index in [1.807, 2.05) is 0 Å². The minimum atomic E-state index is -0.826. The van der Waals surface area contributed by atoms with Crippen LogP contribution in [-0.2, 0) is 19.1 Å². The number of aliphatic hydroxyl groups is 1. The maximum atomic E-state index is 11.9. The van der Waals surface area contributed by atoms with Crippen molar-refractivity contribution in [1.29, 1.82) is 0 Å². The molecular weight excluding hydrogens is 346 g/mol. The lowest BCUT2D eigenvalue weighted by Crippen LogP contribution is -2.26. The van der Waals surface area contributed by atoms with Crippen LogP contribution in [0.2, 0.25) is 0 Å². The minimum absolute atomic E-state index is 0.279. The van der Waals surface area contributed by atoms with E-state index in [1.165, 1.54) is 25.1 Å². The molecule has 0 radical (unpaired) electrons. The van der Waals surface area contributed by atoms with Crippen LogP contribution in [0.15, 0.2) is 6.20 Å². The summed E-state index contributed by atoms with van der Waals surface area (Å²) in [4.78, 5) is 22.7. The fourth-order valence-electron chi connectivity index (χ4n) is 1.82. The van der Waals surface area contributed by atoms with Crippen LogP contribution in [0.25, 0.3) is 0 Å². The van der Waals surface area contributed by atoms with E-state index in [-0.39, 0.29) is 6.42 Å². The molecule has 0 aromatic carbocycles. The number of carbonyl (C=O) groups is 2. The van der Waals surface area contributed by atoms with Gasteiger partial charge in [-0.1, -0.05) is 21.1 Å². The molecule has 0 amide bonds. The lowest BCUT2D eigenvalue weighted by atomic mass is 10.1. The lowest BCUT2D eigenvalue weighted by molar-refractivity contribution is -0.146. The third kappa shape index (κ3) is 4.50. The molecule has 1 rings (SSSR count). The fourth-order valence-corrected chi connectivity index (χ4v) is 2.27. The number of halogens is 1. The molecule has 0 bridgehead atoms. The molecule has 3 atom stereocenters. The second-order valence-corrected chi connectivity index (χ2v) is 5.49. The first-order chi connectivity index (χ1) is 9.92. The summed E-state index contributed by atoms with van der Waals surface area (Å²) in [5.41, 5.74) is 0.398. The molecule has 1 aromatic rings. The summed E-state index contributed by atoms with van der Waals surface area (Å²) >= 11 is 3.19. The molecule has 0 saturated heterocycles. The number of rotatable bonds is 7. The van der Waals surface area contributed by atoms with Gasteiger partial charge in [-0.25, -0.2) is 9.48 Å². The molecule has 0 aliphatic carbocycles. The van der Waals surface area contributed by atoms with Gasteiger partial charge >= 0.3 is 11.9 Å². The predicted octanol–water partition coefficient (Wildman–Crippen LogP) is 0.762. The van der Waals surface area contributed by atoms with Crippen molar-refractivity contribution in [3.05, 3.63) is 11.9 Å². The number of aromatic nitrogens is 3. The summed E-state index contributed by atoms with van der Waals surface area (Å²) in [6.45, 7) is 1.55. The number of ether oxygens (including phenoxy) is 2. The molecular formula is C12H18BrN3O5. The molecule has 21 heavy (non-hydrogen) atoms. The maximum Gasteiger partial charge on any atom is 0.330 e. The number of hydrogen-bond acceptors (Lipinski definition) is 7. The van der Waals surface area contributed by atoms with Gasteiger partial charge in [-0.3, -0.25) is 4.79 Å². The Morgan fingerprint density at radius 3 is 2.48 bits per heavy atom. The number of alkyl halides is 1. The average Bonchev–Trinajstić information content (AvgIpc) is 2.95. The maximum absolute atomic E-state index is 11.9. The topological polar surface area (TPSA) is 104 Å². The van der Waals surface area contributed by atoms with Crippen molar-refractivity contribution >= 4 is 27.9 Å². The van der Waals surface area contributed by atoms with Gasteiger partial charge in [0.1, 0.15) is 4.83 Å². The Labute approximate surface area is 130 Å². The zero-order valence-electron chi connectivity index (χ0n) is 12.0. The van der Waals surface area contributed by atoms with Crippen molar-refractivity contribution in [3.63, 3.8) is 0 Å². The Morgan fingerprint density at radius 1 is 1.33 bits per heavy atom. The van der Waals surface area contributed by atoms with E-state index >= 15 is 0 Å². The largest absolute Gasteiger partial charge is 0.468 e. The van der Waals surface area contributed by atoms with Crippen molar-refractivity contribution in [2.24, 2.45) is 0 Å². The zero-order valence-corrected chi connectivity index (χ0v) is 13.6. The predicted molar refractivity (Wildman–Crippen MR) is 75.7 cm³/mol. The molecule has 118 valence electrons. The lowest BCUT2D eigenvalue weighted by Gasteiger charge is -2.18. The number of methoxy groups -OCH3 is 2. The molecule has 0 aliphatic heterocycles. The average molecular weight is 364 g/mol. The number of esters is 2. The second-order valence-electron chi connectivity index (χ2n) is 4.39. The van der Waals surface area contributed by atoms with Crippen LogP contribution in [0.4, 0.5) is 0 Å². The van der Waals surface area contributed by atoms with E-state index < -0.39 is 28.9 Å². The van der Waals surface area contributed by atoms with Gasteiger partial charge in [-0.15, -0.1) is 5.10 Å². The van der Waals surface area contributed by atoms with Crippen molar-refractivity contribution in [3.8, 4) is 0 Å². The molecule has 0 fully saturated rings. The highest BCUT2D eigenvalue weighted by Crippen LogP contribution is 2.23. The van der Waals surface area contributed by atoms with Crippen LogP contribution in [-0.4, -0.2) is 51.1 Å². The van der Waals surface area contributed by atoms with Gasteiger partial charge in [-0.2, -0.15) is 0 Å². The number of hydrogen-bond donors (Lipinski definition) is 1. The molecule has 1 aromatic heterocycles. The van der Waals surface area contributed by atoms with Gasteiger partial charge in [0.15, 0.2) is 6.04 Å². The first kappa shape index (κ1) is 17.6. The smallest absolute Gasteiger partial charge is 0.330 e. The quantitative estimate of drug-likeness (QED) is 0.563. The Hall–Kier alpha value is -1.48. The van der Waals surface area contributed by atoms with E-state index in [2.05, 4.69) is 31.0 Å². The number of carbonyl (C=O) groups excluding carboxylic acids is 2. The van der Waals surface area contributed by atoms with Gasteiger partial charge < -0.3 is 14.6 Å². The first-order valence-electron chi connectivity index (χ1n) is 6.30. The Bertz CT molecular complexity index is 491. The van der Waals surface area contributed by atoms with Crippen LogP contribution in [0.1, 0.15) is 37.6 Å². The summed E-state index contributed by atoms with van der Waals surface area (Å²) in [6, 6.07) is -0.771. The van der Waals surface area contributed by atoms with Crippen LogP contribution in [0, 0.1) is 0 Å². The fraction of sp³-hybridized carbons (Fsp3) is 0.667. The van der Waals surface area contributed by atoms with Gasteiger partial charge in [0.25, 0.3) is 0 Å². The first-order valence-corrected chi connectivity index (χ1v) is 7.21. The highest BCUT2D eigenvalue weighted by Gasteiger charge is 2.28. The van der Waals surface area contributed by atoms with Crippen molar-refractivity contribution in [2.45, 2.75) is 36.7 Å². The van der Waals surface area contributed by atoms with Gasteiger partial charge in [0.05, 0.1) is 32.2 Å². The Morgan fingerprint density at radius 2 is 1.95 bits per heavy atom.